The minimum absolute atomic E-state index is 0.0381. The van der Waals surface area contributed by atoms with Gasteiger partial charge in [-0.2, -0.15) is 0 Å². The lowest BCUT2D eigenvalue weighted by atomic mass is 10.2. The van der Waals surface area contributed by atoms with E-state index in [4.69, 9.17) is 18.0 Å². The first-order chi connectivity index (χ1) is 8.68. The van der Waals surface area contributed by atoms with Crippen LogP contribution in [0, 0.1) is 0 Å². The van der Waals surface area contributed by atoms with Gasteiger partial charge in [-0.15, -0.1) is 11.8 Å². The standard InChI is InChI=1S/C13H16N2OS2/c14-13(17)11-7-4-8-15(11)12(16)9-18-10-5-2-1-3-6-10/h1-3,5-6,11H,4,7-9H2,(H2,14,17). The van der Waals surface area contributed by atoms with E-state index in [2.05, 4.69) is 0 Å². The van der Waals surface area contributed by atoms with Gasteiger partial charge in [-0.25, -0.2) is 0 Å². The molecule has 2 N–H and O–H groups in total. The van der Waals surface area contributed by atoms with Crippen LogP contribution < -0.4 is 5.73 Å². The van der Waals surface area contributed by atoms with Crippen molar-refractivity contribution in [2.24, 2.45) is 5.73 Å². The van der Waals surface area contributed by atoms with Crippen molar-refractivity contribution in [1.29, 1.82) is 0 Å². The molecule has 0 aliphatic carbocycles. The number of thioether (sulfide) groups is 1. The van der Waals surface area contributed by atoms with Crippen LogP contribution in [-0.2, 0) is 4.79 Å². The monoisotopic (exact) mass is 280 g/mol. The van der Waals surface area contributed by atoms with Gasteiger partial charge in [0.05, 0.1) is 16.8 Å². The molecule has 1 amide bonds. The maximum Gasteiger partial charge on any atom is 0.233 e. The number of carbonyl (C=O) groups is 1. The van der Waals surface area contributed by atoms with E-state index in [0.29, 0.717) is 10.7 Å². The van der Waals surface area contributed by atoms with Crippen LogP contribution in [0.25, 0.3) is 0 Å². The fourth-order valence-electron chi connectivity index (χ4n) is 2.11. The first-order valence-corrected chi connectivity index (χ1v) is 7.34. The van der Waals surface area contributed by atoms with Crippen molar-refractivity contribution >= 4 is 34.9 Å². The van der Waals surface area contributed by atoms with Crippen LogP contribution in [0.1, 0.15) is 12.8 Å². The van der Waals surface area contributed by atoms with Crippen LogP contribution in [-0.4, -0.2) is 34.1 Å². The zero-order valence-electron chi connectivity index (χ0n) is 10.0. The van der Waals surface area contributed by atoms with Crippen LogP contribution in [0.5, 0.6) is 0 Å². The van der Waals surface area contributed by atoms with E-state index in [0.717, 1.165) is 24.3 Å². The summed E-state index contributed by atoms with van der Waals surface area (Å²) in [6.07, 6.45) is 1.89. The summed E-state index contributed by atoms with van der Waals surface area (Å²) in [6.45, 7) is 0.774. The smallest absolute Gasteiger partial charge is 0.233 e. The number of nitrogens with zero attached hydrogens (tertiary/aromatic N) is 1. The Bertz CT molecular complexity index is 436. The number of rotatable bonds is 4. The van der Waals surface area contributed by atoms with E-state index >= 15 is 0 Å². The number of hydrogen-bond acceptors (Lipinski definition) is 3. The first-order valence-electron chi connectivity index (χ1n) is 5.95. The van der Waals surface area contributed by atoms with Crippen molar-refractivity contribution in [3.63, 3.8) is 0 Å². The predicted octanol–water partition coefficient (Wildman–Crippen LogP) is 2.06. The lowest BCUT2D eigenvalue weighted by Gasteiger charge is -2.23. The number of likely N-dealkylation sites (tertiary alicyclic amines) is 1. The molecule has 1 aliphatic rings. The molecule has 0 bridgehead atoms. The number of thiocarbonyl (C=S) groups is 1. The molecule has 18 heavy (non-hydrogen) atoms. The van der Waals surface area contributed by atoms with Gasteiger partial charge in [0.1, 0.15) is 0 Å². The maximum absolute atomic E-state index is 12.1. The number of amides is 1. The summed E-state index contributed by atoms with van der Waals surface area (Å²) in [6, 6.07) is 9.89. The normalized spacial score (nSPS) is 18.9. The van der Waals surface area contributed by atoms with E-state index in [1.54, 1.807) is 11.8 Å². The van der Waals surface area contributed by atoms with Gasteiger partial charge >= 0.3 is 0 Å². The van der Waals surface area contributed by atoms with Gasteiger partial charge in [-0.1, -0.05) is 30.4 Å². The van der Waals surface area contributed by atoms with Crippen LogP contribution in [0.15, 0.2) is 35.2 Å². The first kappa shape index (κ1) is 13.4. The minimum atomic E-state index is -0.0381. The van der Waals surface area contributed by atoms with Gasteiger partial charge in [0.25, 0.3) is 0 Å². The molecule has 1 saturated heterocycles. The Kier molecular flexibility index (Phi) is 4.60. The van der Waals surface area contributed by atoms with Crippen molar-refractivity contribution in [2.75, 3.05) is 12.3 Å². The number of nitrogens with two attached hydrogens (primary N) is 1. The molecule has 1 unspecified atom stereocenters. The zero-order valence-corrected chi connectivity index (χ0v) is 11.7. The highest BCUT2D eigenvalue weighted by atomic mass is 32.2. The predicted molar refractivity (Wildman–Crippen MR) is 78.7 cm³/mol. The second-order valence-corrected chi connectivity index (χ2v) is 5.77. The summed E-state index contributed by atoms with van der Waals surface area (Å²) in [5.74, 6) is 0.572. The fraction of sp³-hybridized carbons (Fsp3) is 0.385. The molecule has 1 atom stereocenters. The van der Waals surface area contributed by atoms with E-state index in [9.17, 15) is 4.79 Å². The highest BCUT2D eigenvalue weighted by Crippen LogP contribution is 2.22. The molecule has 1 heterocycles. The van der Waals surface area contributed by atoms with Crippen LogP contribution in [0.2, 0.25) is 0 Å². The largest absolute Gasteiger partial charge is 0.392 e. The summed E-state index contributed by atoms with van der Waals surface area (Å²) in [5.41, 5.74) is 5.66. The Morgan fingerprint density at radius 1 is 1.44 bits per heavy atom. The van der Waals surface area contributed by atoms with Gasteiger partial charge in [-0.3, -0.25) is 4.79 Å². The molecule has 0 spiro atoms. The van der Waals surface area contributed by atoms with Crippen molar-refractivity contribution in [2.45, 2.75) is 23.8 Å². The molecule has 3 nitrogen and oxygen atoms in total. The van der Waals surface area contributed by atoms with Gasteiger partial charge in [0.2, 0.25) is 5.91 Å². The van der Waals surface area contributed by atoms with E-state index < -0.39 is 0 Å². The quantitative estimate of drug-likeness (QED) is 0.677. The molecule has 1 aromatic rings. The number of benzene rings is 1. The third-order valence-electron chi connectivity index (χ3n) is 3.01. The molecule has 0 radical (unpaired) electrons. The minimum Gasteiger partial charge on any atom is -0.392 e. The number of carbonyl (C=O) groups excluding carboxylic acids is 1. The Morgan fingerprint density at radius 2 is 2.17 bits per heavy atom. The van der Waals surface area contributed by atoms with Crippen molar-refractivity contribution in [3.8, 4) is 0 Å². The summed E-state index contributed by atoms with van der Waals surface area (Å²) in [5, 5.41) is 0. The van der Waals surface area contributed by atoms with Crippen LogP contribution >= 0.6 is 24.0 Å². The zero-order chi connectivity index (χ0) is 13.0. The Morgan fingerprint density at radius 3 is 2.83 bits per heavy atom. The van der Waals surface area contributed by atoms with Gasteiger partial charge in [0.15, 0.2) is 0 Å². The third kappa shape index (κ3) is 3.23. The van der Waals surface area contributed by atoms with Gasteiger partial charge in [-0.05, 0) is 25.0 Å². The van der Waals surface area contributed by atoms with E-state index in [-0.39, 0.29) is 11.9 Å². The van der Waals surface area contributed by atoms with E-state index in [1.807, 2.05) is 35.2 Å². The Balaban J connectivity index is 1.90. The van der Waals surface area contributed by atoms with Crippen molar-refractivity contribution in [1.82, 2.24) is 4.90 Å². The van der Waals surface area contributed by atoms with Crippen molar-refractivity contribution in [3.05, 3.63) is 30.3 Å². The molecular formula is C13H16N2OS2. The maximum atomic E-state index is 12.1. The van der Waals surface area contributed by atoms with Crippen molar-refractivity contribution < 1.29 is 4.79 Å². The molecule has 96 valence electrons. The Hall–Kier alpha value is -1.07. The Labute approximate surface area is 117 Å². The summed E-state index contributed by atoms with van der Waals surface area (Å²) in [4.78, 5) is 15.5. The fourth-order valence-corrected chi connectivity index (χ4v) is 3.16. The highest BCUT2D eigenvalue weighted by molar-refractivity contribution is 8.00. The lowest BCUT2D eigenvalue weighted by Crippen LogP contribution is -2.43. The molecule has 1 aromatic carbocycles. The average molecular weight is 280 g/mol. The topological polar surface area (TPSA) is 46.3 Å². The lowest BCUT2D eigenvalue weighted by molar-refractivity contribution is -0.128. The molecule has 0 aromatic heterocycles. The molecule has 5 heteroatoms. The van der Waals surface area contributed by atoms with E-state index in [1.165, 1.54) is 0 Å². The summed E-state index contributed by atoms with van der Waals surface area (Å²) in [7, 11) is 0. The molecule has 1 fully saturated rings. The second-order valence-electron chi connectivity index (χ2n) is 4.25. The summed E-state index contributed by atoms with van der Waals surface area (Å²) < 4.78 is 0. The molecule has 1 aliphatic heterocycles. The molecule has 0 saturated carbocycles. The van der Waals surface area contributed by atoms with Crippen LogP contribution in [0.4, 0.5) is 0 Å². The van der Waals surface area contributed by atoms with Gasteiger partial charge < -0.3 is 10.6 Å². The SMILES string of the molecule is NC(=S)C1CCCN1C(=O)CSc1ccccc1. The van der Waals surface area contributed by atoms with Crippen LogP contribution in [0.3, 0.4) is 0 Å². The highest BCUT2D eigenvalue weighted by Gasteiger charge is 2.30. The molecule has 2 rings (SSSR count). The third-order valence-corrected chi connectivity index (χ3v) is 4.28. The average Bonchev–Trinajstić information content (AvgIpc) is 2.86. The second kappa shape index (κ2) is 6.20. The number of hydrogen-bond donors (Lipinski definition) is 1. The summed E-state index contributed by atoms with van der Waals surface area (Å²) >= 11 is 6.56. The molecular weight excluding hydrogens is 264 g/mol. The van der Waals surface area contributed by atoms with Gasteiger partial charge in [0, 0.05) is 11.4 Å².